The van der Waals surface area contributed by atoms with Crippen LogP contribution in [-0.2, 0) is 11.8 Å². The number of benzene rings is 1. The molecular weight excluding hydrogens is 396 g/mol. The molecule has 1 aliphatic heterocycles. The number of likely N-dealkylation sites (tertiary alicyclic amines) is 1. The quantitative estimate of drug-likeness (QED) is 0.658. The highest BCUT2D eigenvalue weighted by Gasteiger charge is 2.35. The lowest BCUT2D eigenvalue weighted by molar-refractivity contribution is -0.119. The third kappa shape index (κ3) is 3.90. The van der Waals surface area contributed by atoms with Crippen molar-refractivity contribution in [2.24, 2.45) is 7.05 Å². The van der Waals surface area contributed by atoms with Crippen LogP contribution in [0.5, 0.6) is 5.75 Å². The summed E-state index contributed by atoms with van der Waals surface area (Å²) in [5.74, 6) is 0.282. The second kappa shape index (κ2) is 8.25. The van der Waals surface area contributed by atoms with Crippen LogP contribution in [-0.4, -0.2) is 56.4 Å². The molecule has 1 aliphatic rings. The monoisotopic (exact) mass is 422 g/mol. The molecule has 1 unspecified atom stereocenters. The second-order valence-electron chi connectivity index (χ2n) is 7.71. The van der Waals surface area contributed by atoms with Gasteiger partial charge in [0.1, 0.15) is 17.5 Å². The Hall–Kier alpha value is -3.62. The Morgan fingerprint density at radius 2 is 1.97 bits per heavy atom. The summed E-state index contributed by atoms with van der Waals surface area (Å²) in [6.07, 6.45) is 1.39. The summed E-state index contributed by atoms with van der Waals surface area (Å²) in [7, 11) is 3.47. The first-order valence-electron chi connectivity index (χ1n) is 10.2. The van der Waals surface area contributed by atoms with E-state index < -0.39 is 6.04 Å². The fraction of sp³-hybridized carbons (Fsp3) is 0.364. The molecule has 0 spiro atoms. The average Bonchev–Trinajstić information content (AvgIpc) is 3.48. The summed E-state index contributed by atoms with van der Waals surface area (Å²) in [4.78, 5) is 27.6. The number of hydrogen-bond donors (Lipinski definition) is 2. The van der Waals surface area contributed by atoms with Crippen LogP contribution in [0.3, 0.4) is 0 Å². The van der Waals surface area contributed by atoms with Crippen molar-refractivity contribution in [3.63, 3.8) is 0 Å². The van der Waals surface area contributed by atoms with Gasteiger partial charge in [0.15, 0.2) is 0 Å². The summed E-state index contributed by atoms with van der Waals surface area (Å²) in [5.41, 5.74) is 4.43. The van der Waals surface area contributed by atoms with Gasteiger partial charge in [-0.1, -0.05) is 0 Å². The van der Waals surface area contributed by atoms with Crippen LogP contribution < -0.4 is 10.1 Å². The Morgan fingerprint density at radius 1 is 1.23 bits per heavy atom. The maximum Gasteiger partial charge on any atom is 0.272 e. The van der Waals surface area contributed by atoms with Crippen LogP contribution in [0, 0.1) is 13.8 Å². The van der Waals surface area contributed by atoms with Crippen molar-refractivity contribution in [2.75, 3.05) is 19.0 Å². The molecule has 0 bridgehead atoms. The molecule has 0 radical (unpaired) electrons. The van der Waals surface area contributed by atoms with Gasteiger partial charge >= 0.3 is 0 Å². The number of anilines is 1. The van der Waals surface area contributed by atoms with Gasteiger partial charge in [-0.3, -0.25) is 19.4 Å². The molecule has 2 aromatic heterocycles. The zero-order chi connectivity index (χ0) is 22.1. The third-order valence-electron chi connectivity index (χ3n) is 5.75. The number of aryl methyl sites for hydroxylation is 2. The molecule has 1 aromatic carbocycles. The molecule has 2 amide bonds. The minimum absolute atomic E-state index is 0.199. The first-order valence-corrected chi connectivity index (χ1v) is 10.2. The first-order chi connectivity index (χ1) is 14.9. The van der Waals surface area contributed by atoms with E-state index in [-0.39, 0.29) is 11.8 Å². The zero-order valence-electron chi connectivity index (χ0n) is 18.1. The number of hydrogen-bond acceptors (Lipinski definition) is 5. The number of nitrogens with zero attached hydrogens (tertiary/aromatic N) is 4. The molecule has 9 heteroatoms. The lowest BCUT2D eigenvalue weighted by Crippen LogP contribution is -2.43. The fourth-order valence-electron chi connectivity index (χ4n) is 4.04. The Kier molecular flexibility index (Phi) is 5.50. The normalized spacial score (nSPS) is 15.9. The van der Waals surface area contributed by atoms with Crippen molar-refractivity contribution in [3.8, 4) is 17.0 Å². The van der Waals surface area contributed by atoms with Crippen LogP contribution in [0.1, 0.15) is 34.7 Å². The smallest absolute Gasteiger partial charge is 0.272 e. The van der Waals surface area contributed by atoms with Crippen molar-refractivity contribution < 1.29 is 14.3 Å². The number of amides is 2. The number of aromatic amines is 1. The van der Waals surface area contributed by atoms with E-state index in [9.17, 15) is 9.59 Å². The van der Waals surface area contributed by atoms with Crippen molar-refractivity contribution in [2.45, 2.75) is 32.7 Å². The van der Waals surface area contributed by atoms with Crippen LogP contribution >= 0.6 is 0 Å². The fourth-order valence-corrected chi connectivity index (χ4v) is 4.04. The number of carbonyl (C=O) groups excluding carboxylic acids is 2. The number of aromatic nitrogens is 4. The van der Waals surface area contributed by atoms with Crippen molar-refractivity contribution in [1.29, 1.82) is 0 Å². The van der Waals surface area contributed by atoms with Crippen LogP contribution in [0.15, 0.2) is 30.3 Å². The zero-order valence-corrected chi connectivity index (χ0v) is 18.1. The summed E-state index contributed by atoms with van der Waals surface area (Å²) >= 11 is 0. The molecule has 162 valence electrons. The van der Waals surface area contributed by atoms with E-state index in [1.807, 2.05) is 20.9 Å². The second-order valence-corrected chi connectivity index (χ2v) is 7.71. The topological polar surface area (TPSA) is 105 Å². The summed E-state index contributed by atoms with van der Waals surface area (Å²) < 4.78 is 6.93. The SMILES string of the molecule is COc1ccc(NC(=O)C2CCCN2C(=O)c2cc(-c3c(C)nn(C)c3C)n[nH]2)cc1. The Labute approximate surface area is 180 Å². The van der Waals surface area contributed by atoms with Gasteiger partial charge in [0.2, 0.25) is 5.91 Å². The lowest BCUT2D eigenvalue weighted by Gasteiger charge is -2.23. The minimum atomic E-state index is -0.525. The van der Waals surface area contributed by atoms with E-state index in [0.717, 1.165) is 23.4 Å². The molecule has 3 aromatic rings. The van der Waals surface area contributed by atoms with Gasteiger partial charge in [-0.15, -0.1) is 0 Å². The molecule has 31 heavy (non-hydrogen) atoms. The molecule has 1 saturated heterocycles. The number of H-pyrrole nitrogens is 1. The van der Waals surface area contributed by atoms with Gasteiger partial charge < -0.3 is 15.0 Å². The molecule has 1 atom stereocenters. The van der Waals surface area contributed by atoms with E-state index in [1.165, 1.54) is 0 Å². The number of carbonyl (C=O) groups is 2. The summed E-state index contributed by atoms with van der Waals surface area (Å²) in [6.45, 7) is 4.41. The van der Waals surface area contributed by atoms with Gasteiger partial charge in [0.25, 0.3) is 5.91 Å². The molecule has 0 aliphatic carbocycles. The molecular formula is C22H26N6O3. The first kappa shape index (κ1) is 20.6. The predicted molar refractivity (Wildman–Crippen MR) is 116 cm³/mol. The van der Waals surface area contributed by atoms with Gasteiger partial charge in [-0.05, 0) is 57.0 Å². The molecule has 4 rings (SSSR count). The highest BCUT2D eigenvalue weighted by Crippen LogP contribution is 2.27. The van der Waals surface area contributed by atoms with Gasteiger partial charge in [0, 0.05) is 30.5 Å². The van der Waals surface area contributed by atoms with Crippen molar-refractivity contribution >= 4 is 17.5 Å². The molecule has 3 heterocycles. The van der Waals surface area contributed by atoms with Gasteiger partial charge in [-0.25, -0.2) is 0 Å². The van der Waals surface area contributed by atoms with E-state index >= 15 is 0 Å². The third-order valence-corrected chi connectivity index (χ3v) is 5.75. The number of nitrogens with one attached hydrogen (secondary N) is 2. The highest BCUT2D eigenvalue weighted by molar-refractivity contribution is 6.01. The number of rotatable bonds is 5. The number of methoxy groups -OCH3 is 1. The Morgan fingerprint density at radius 3 is 2.61 bits per heavy atom. The highest BCUT2D eigenvalue weighted by atomic mass is 16.5. The van der Waals surface area contributed by atoms with Crippen LogP contribution in [0.4, 0.5) is 5.69 Å². The number of ether oxygens (including phenoxy) is 1. The minimum Gasteiger partial charge on any atom is -0.497 e. The van der Waals surface area contributed by atoms with E-state index in [2.05, 4.69) is 20.6 Å². The maximum atomic E-state index is 13.2. The summed E-state index contributed by atoms with van der Waals surface area (Å²) in [6, 6.07) is 8.32. The van der Waals surface area contributed by atoms with Crippen LogP contribution in [0.25, 0.3) is 11.3 Å². The average molecular weight is 422 g/mol. The Bertz CT molecular complexity index is 1110. The predicted octanol–water partition coefficient (Wildman–Crippen LogP) is 2.68. The van der Waals surface area contributed by atoms with E-state index in [1.54, 1.807) is 47.0 Å². The largest absolute Gasteiger partial charge is 0.497 e. The van der Waals surface area contributed by atoms with Gasteiger partial charge in [-0.2, -0.15) is 10.2 Å². The molecule has 9 nitrogen and oxygen atoms in total. The maximum absolute atomic E-state index is 13.2. The molecule has 1 fully saturated rings. The molecule has 2 N–H and O–H groups in total. The standard InChI is InChI=1S/C22H26N6O3/c1-13-20(14(2)27(3)26-13)17-12-18(25-24-17)22(30)28-11-5-6-19(28)21(29)23-15-7-9-16(31-4)10-8-15/h7-10,12,19H,5-6,11H2,1-4H3,(H,23,29)(H,24,25). The molecule has 0 saturated carbocycles. The van der Waals surface area contributed by atoms with Crippen molar-refractivity contribution in [1.82, 2.24) is 24.9 Å². The summed E-state index contributed by atoms with van der Waals surface area (Å²) in [5, 5.41) is 14.5. The lowest BCUT2D eigenvalue weighted by atomic mass is 10.1. The van der Waals surface area contributed by atoms with E-state index in [4.69, 9.17) is 4.74 Å². The van der Waals surface area contributed by atoms with Crippen molar-refractivity contribution in [3.05, 3.63) is 47.4 Å². The Balaban J connectivity index is 1.50. The van der Waals surface area contributed by atoms with E-state index in [0.29, 0.717) is 35.8 Å². The van der Waals surface area contributed by atoms with Crippen LogP contribution in [0.2, 0.25) is 0 Å². The van der Waals surface area contributed by atoms with Gasteiger partial charge in [0.05, 0.1) is 18.5 Å².